The van der Waals surface area contributed by atoms with Crippen molar-refractivity contribution in [1.29, 1.82) is 0 Å². The van der Waals surface area contributed by atoms with Gasteiger partial charge >= 0.3 is 0 Å². The molecule has 1 aromatic heterocycles. The van der Waals surface area contributed by atoms with Crippen LogP contribution in [0.25, 0.3) is 0 Å². The number of nitrogens with zero attached hydrogens (tertiary/aromatic N) is 2. The van der Waals surface area contributed by atoms with E-state index < -0.39 is 0 Å². The van der Waals surface area contributed by atoms with Crippen LogP contribution in [-0.2, 0) is 0 Å². The molecule has 104 valence electrons. The molecule has 2 fully saturated rings. The summed E-state index contributed by atoms with van der Waals surface area (Å²) in [6.07, 6.45) is 3.63. The van der Waals surface area contributed by atoms with E-state index in [1.54, 1.807) is 6.07 Å². The van der Waals surface area contributed by atoms with Crippen molar-refractivity contribution in [3.05, 3.63) is 21.9 Å². The van der Waals surface area contributed by atoms with Crippen molar-refractivity contribution >= 4 is 29.1 Å². The standard InChI is InChI=1S/C13H17Cl2N3O/c14-10-7-11(16-12(10)15)13(19)18-6-3-9(8-18)17-4-1-2-5-17/h7,9,16H,1-6,8H2. The molecule has 1 N–H and O–H groups in total. The van der Waals surface area contributed by atoms with Crippen LogP contribution in [0, 0.1) is 0 Å². The van der Waals surface area contributed by atoms with Gasteiger partial charge in [-0.15, -0.1) is 0 Å². The number of likely N-dealkylation sites (tertiary alicyclic amines) is 2. The van der Waals surface area contributed by atoms with Gasteiger partial charge in [-0.1, -0.05) is 23.2 Å². The molecule has 4 nitrogen and oxygen atoms in total. The van der Waals surface area contributed by atoms with Gasteiger partial charge in [-0.05, 0) is 38.4 Å². The Kier molecular flexibility index (Phi) is 3.74. The quantitative estimate of drug-likeness (QED) is 0.912. The number of aromatic amines is 1. The molecule has 0 radical (unpaired) electrons. The third-order valence-corrected chi connectivity index (χ3v) is 4.76. The summed E-state index contributed by atoms with van der Waals surface area (Å²) in [5.74, 6) is -0.00417. The van der Waals surface area contributed by atoms with Gasteiger partial charge in [0.25, 0.3) is 5.91 Å². The lowest BCUT2D eigenvalue weighted by molar-refractivity contribution is 0.0775. The van der Waals surface area contributed by atoms with Crippen LogP contribution in [0.5, 0.6) is 0 Å². The van der Waals surface area contributed by atoms with E-state index in [0.717, 1.165) is 19.5 Å². The lowest BCUT2D eigenvalue weighted by Crippen LogP contribution is -2.37. The largest absolute Gasteiger partial charge is 0.340 e. The summed E-state index contributed by atoms with van der Waals surface area (Å²) in [6, 6.07) is 2.13. The minimum absolute atomic E-state index is 0.00417. The Morgan fingerprint density at radius 1 is 1.26 bits per heavy atom. The Bertz CT molecular complexity index is 463. The van der Waals surface area contributed by atoms with Gasteiger partial charge in [-0.25, -0.2) is 0 Å². The molecule has 0 aliphatic carbocycles. The summed E-state index contributed by atoms with van der Waals surface area (Å²) < 4.78 is 0. The number of carbonyl (C=O) groups excluding carboxylic acids is 1. The lowest BCUT2D eigenvalue weighted by Gasteiger charge is -2.23. The molecule has 0 bridgehead atoms. The van der Waals surface area contributed by atoms with Crippen molar-refractivity contribution < 1.29 is 4.79 Å². The molecular formula is C13H17Cl2N3O. The third kappa shape index (κ3) is 2.62. The summed E-state index contributed by atoms with van der Waals surface area (Å²) in [6.45, 7) is 3.97. The lowest BCUT2D eigenvalue weighted by atomic mass is 10.2. The Balaban J connectivity index is 1.65. The minimum Gasteiger partial charge on any atom is -0.340 e. The first-order valence-electron chi connectivity index (χ1n) is 6.72. The molecule has 3 heterocycles. The van der Waals surface area contributed by atoms with Gasteiger partial charge in [0.15, 0.2) is 0 Å². The maximum absolute atomic E-state index is 12.3. The molecule has 6 heteroatoms. The molecule has 2 saturated heterocycles. The fraction of sp³-hybridized carbons (Fsp3) is 0.615. The van der Waals surface area contributed by atoms with E-state index in [1.807, 2.05) is 4.90 Å². The first-order valence-corrected chi connectivity index (χ1v) is 7.48. The molecule has 19 heavy (non-hydrogen) atoms. The second-order valence-corrected chi connectivity index (χ2v) is 6.07. The number of carbonyl (C=O) groups is 1. The first kappa shape index (κ1) is 13.3. The van der Waals surface area contributed by atoms with Crippen LogP contribution in [0.15, 0.2) is 6.07 Å². The SMILES string of the molecule is O=C(c1cc(Cl)c(Cl)[nH]1)N1CCC(N2CCCC2)C1. The Hall–Kier alpha value is -0.710. The summed E-state index contributed by atoms with van der Waals surface area (Å²) in [4.78, 5) is 19.6. The number of nitrogens with one attached hydrogen (secondary N) is 1. The van der Waals surface area contributed by atoms with Crippen molar-refractivity contribution in [2.75, 3.05) is 26.2 Å². The molecule has 1 aromatic rings. The van der Waals surface area contributed by atoms with Crippen LogP contribution < -0.4 is 0 Å². The number of rotatable bonds is 2. The zero-order chi connectivity index (χ0) is 13.4. The first-order chi connectivity index (χ1) is 9.15. The van der Waals surface area contributed by atoms with E-state index in [-0.39, 0.29) is 5.91 Å². The highest BCUT2D eigenvalue weighted by Crippen LogP contribution is 2.25. The highest BCUT2D eigenvalue weighted by molar-refractivity contribution is 6.41. The molecule has 1 unspecified atom stereocenters. The molecule has 2 aliphatic heterocycles. The Morgan fingerprint density at radius 3 is 2.63 bits per heavy atom. The van der Waals surface area contributed by atoms with Gasteiger partial charge < -0.3 is 9.88 Å². The zero-order valence-electron chi connectivity index (χ0n) is 10.7. The van der Waals surface area contributed by atoms with Crippen molar-refractivity contribution in [3.8, 4) is 0 Å². The van der Waals surface area contributed by atoms with Gasteiger partial charge in [0.2, 0.25) is 0 Å². The van der Waals surface area contributed by atoms with Crippen molar-refractivity contribution in [3.63, 3.8) is 0 Å². The molecule has 0 aromatic carbocycles. The third-order valence-electron chi connectivity index (χ3n) is 4.06. The fourth-order valence-corrected chi connectivity index (χ4v) is 3.33. The molecule has 1 amide bonds. The topological polar surface area (TPSA) is 39.3 Å². The monoisotopic (exact) mass is 301 g/mol. The van der Waals surface area contributed by atoms with E-state index in [1.165, 1.54) is 25.9 Å². The van der Waals surface area contributed by atoms with Gasteiger partial charge in [0.05, 0.1) is 5.02 Å². The summed E-state index contributed by atoms with van der Waals surface area (Å²) in [5.41, 5.74) is 0.483. The maximum Gasteiger partial charge on any atom is 0.270 e. The predicted octanol–water partition coefficient (Wildman–Crippen LogP) is 2.63. The van der Waals surface area contributed by atoms with Crippen LogP contribution in [0.4, 0.5) is 0 Å². The Labute approximate surface area is 122 Å². The van der Waals surface area contributed by atoms with E-state index >= 15 is 0 Å². The van der Waals surface area contributed by atoms with Crippen LogP contribution in [-0.4, -0.2) is 52.9 Å². The number of hydrogen-bond acceptors (Lipinski definition) is 2. The highest BCUT2D eigenvalue weighted by Gasteiger charge is 2.32. The molecule has 3 rings (SSSR count). The fourth-order valence-electron chi connectivity index (χ4n) is 3.02. The van der Waals surface area contributed by atoms with Crippen LogP contribution in [0.3, 0.4) is 0 Å². The number of aromatic nitrogens is 1. The zero-order valence-corrected chi connectivity index (χ0v) is 12.2. The summed E-state index contributed by atoms with van der Waals surface area (Å²) in [7, 11) is 0. The smallest absolute Gasteiger partial charge is 0.270 e. The molecular weight excluding hydrogens is 285 g/mol. The van der Waals surface area contributed by atoms with Gasteiger partial charge in [-0.2, -0.15) is 0 Å². The molecule has 2 aliphatic rings. The average Bonchev–Trinajstić information content (AvgIpc) is 3.09. The molecule has 0 spiro atoms. The molecule has 1 atom stereocenters. The summed E-state index contributed by atoms with van der Waals surface area (Å²) >= 11 is 11.7. The number of halogens is 2. The minimum atomic E-state index is -0.00417. The molecule has 0 saturated carbocycles. The van der Waals surface area contributed by atoms with Gasteiger partial charge in [0, 0.05) is 19.1 Å². The maximum atomic E-state index is 12.3. The summed E-state index contributed by atoms with van der Waals surface area (Å²) in [5, 5.41) is 0.737. The van der Waals surface area contributed by atoms with Crippen molar-refractivity contribution in [2.24, 2.45) is 0 Å². The normalized spacial score (nSPS) is 24.3. The second-order valence-electron chi connectivity index (χ2n) is 5.28. The predicted molar refractivity (Wildman–Crippen MR) is 75.9 cm³/mol. The average molecular weight is 302 g/mol. The number of amides is 1. The van der Waals surface area contributed by atoms with E-state index in [0.29, 0.717) is 21.9 Å². The van der Waals surface area contributed by atoms with E-state index in [9.17, 15) is 4.79 Å². The van der Waals surface area contributed by atoms with Gasteiger partial charge in [0.1, 0.15) is 10.8 Å². The van der Waals surface area contributed by atoms with E-state index in [2.05, 4.69) is 9.88 Å². The van der Waals surface area contributed by atoms with Gasteiger partial charge in [-0.3, -0.25) is 9.69 Å². The second kappa shape index (κ2) is 5.35. The van der Waals surface area contributed by atoms with Crippen LogP contribution >= 0.6 is 23.2 Å². The van der Waals surface area contributed by atoms with Crippen LogP contribution in [0.2, 0.25) is 10.2 Å². The van der Waals surface area contributed by atoms with E-state index in [4.69, 9.17) is 23.2 Å². The number of hydrogen-bond donors (Lipinski definition) is 1. The highest BCUT2D eigenvalue weighted by atomic mass is 35.5. The Morgan fingerprint density at radius 2 is 2.00 bits per heavy atom. The van der Waals surface area contributed by atoms with Crippen LogP contribution in [0.1, 0.15) is 29.8 Å². The number of H-pyrrole nitrogens is 1. The van der Waals surface area contributed by atoms with Crippen molar-refractivity contribution in [1.82, 2.24) is 14.8 Å². The van der Waals surface area contributed by atoms with Crippen molar-refractivity contribution in [2.45, 2.75) is 25.3 Å².